The van der Waals surface area contributed by atoms with Crippen LogP contribution in [0.3, 0.4) is 0 Å². The van der Waals surface area contributed by atoms with Gasteiger partial charge in [0.25, 0.3) is 11.8 Å². The van der Waals surface area contributed by atoms with Gasteiger partial charge in [0, 0.05) is 11.1 Å². The SMILES string of the molecule is Cc1ccc(/C=C2\C(=O)N(c3ccccc3C)C(=O)c3ccccc32)o1. The van der Waals surface area contributed by atoms with Gasteiger partial charge in [0.2, 0.25) is 0 Å². The number of aryl methyl sites for hydroxylation is 2. The average molecular weight is 343 g/mol. The maximum atomic E-state index is 13.3. The van der Waals surface area contributed by atoms with Crippen LogP contribution in [0.4, 0.5) is 5.69 Å². The Kier molecular flexibility index (Phi) is 3.81. The van der Waals surface area contributed by atoms with Gasteiger partial charge in [0.15, 0.2) is 0 Å². The number of benzene rings is 2. The maximum absolute atomic E-state index is 13.3. The monoisotopic (exact) mass is 343 g/mol. The summed E-state index contributed by atoms with van der Waals surface area (Å²) in [6.07, 6.45) is 1.70. The number of furan rings is 1. The lowest BCUT2D eigenvalue weighted by molar-refractivity contribution is -0.112. The van der Waals surface area contributed by atoms with E-state index in [-0.39, 0.29) is 11.8 Å². The third-order valence-corrected chi connectivity index (χ3v) is 4.49. The molecule has 0 bridgehead atoms. The number of imide groups is 1. The molecule has 0 fully saturated rings. The molecule has 2 aromatic carbocycles. The van der Waals surface area contributed by atoms with Crippen molar-refractivity contribution in [1.82, 2.24) is 0 Å². The molecule has 4 nitrogen and oxygen atoms in total. The van der Waals surface area contributed by atoms with Crippen LogP contribution in [-0.4, -0.2) is 11.8 Å². The van der Waals surface area contributed by atoms with E-state index in [0.29, 0.717) is 28.1 Å². The Morgan fingerprint density at radius 1 is 0.808 bits per heavy atom. The second kappa shape index (κ2) is 6.15. The quantitative estimate of drug-likeness (QED) is 0.504. The van der Waals surface area contributed by atoms with Gasteiger partial charge in [-0.2, -0.15) is 0 Å². The van der Waals surface area contributed by atoms with E-state index in [9.17, 15) is 9.59 Å². The predicted molar refractivity (Wildman–Crippen MR) is 101 cm³/mol. The van der Waals surface area contributed by atoms with Crippen molar-refractivity contribution in [2.24, 2.45) is 0 Å². The highest BCUT2D eigenvalue weighted by Crippen LogP contribution is 2.34. The molecular weight excluding hydrogens is 326 g/mol. The standard InChI is InChI=1S/C22H17NO3/c1-14-7-3-6-10-20(14)23-21(24)18-9-5-4-8-17(18)19(22(23)25)13-16-12-11-15(2)26-16/h3-13H,1-2H3/b19-13-. The zero-order valence-electron chi connectivity index (χ0n) is 14.5. The Labute approximate surface area is 151 Å². The number of amides is 2. The number of hydrogen-bond acceptors (Lipinski definition) is 3. The van der Waals surface area contributed by atoms with Crippen LogP contribution in [0, 0.1) is 13.8 Å². The van der Waals surface area contributed by atoms with Crippen LogP contribution < -0.4 is 4.90 Å². The van der Waals surface area contributed by atoms with E-state index in [2.05, 4.69) is 0 Å². The molecule has 0 saturated heterocycles. The Hall–Kier alpha value is -3.40. The molecule has 0 saturated carbocycles. The molecule has 4 heteroatoms. The fraction of sp³-hybridized carbons (Fsp3) is 0.0909. The highest BCUT2D eigenvalue weighted by molar-refractivity contribution is 6.43. The summed E-state index contributed by atoms with van der Waals surface area (Å²) in [5, 5.41) is 0. The Bertz CT molecular complexity index is 1060. The third kappa shape index (κ3) is 2.56. The first-order valence-corrected chi connectivity index (χ1v) is 8.38. The van der Waals surface area contributed by atoms with Gasteiger partial charge in [0.05, 0.1) is 11.3 Å². The number of hydrogen-bond donors (Lipinski definition) is 0. The smallest absolute Gasteiger partial charge is 0.266 e. The van der Waals surface area contributed by atoms with Crippen molar-refractivity contribution in [3.63, 3.8) is 0 Å². The lowest BCUT2D eigenvalue weighted by Crippen LogP contribution is -2.42. The summed E-state index contributed by atoms with van der Waals surface area (Å²) < 4.78 is 5.61. The van der Waals surface area contributed by atoms with Gasteiger partial charge in [-0.3, -0.25) is 9.59 Å². The number of anilines is 1. The highest BCUT2D eigenvalue weighted by Gasteiger charge is 2.36. The first-order valence-electron chi connectivity index (χ1n) is 8.38. The number of nitrogens with zero attached hydrogens (tertiary/aromatic N) is 1. The number of para-hydroxylation sites is 1. The number of carbonyl (C=O) groups is 2. The second-order valence-electron chi connectivity index (χ2n) is 6.28. The van der Waals surface area contributed by atoms with E-state index in [0.717, 1.165) is 11.3 Å². The van der Waals surface area contributed by atoms with Crippen molar-refractivity contribution in [3.05, 3.63) is 88.9 Å². The van der Waals surface area contributed by atoms with Crippen molar-refractivity contribution < 1.29 is 14.0 Å². The largest absolute Gasteiger partial charge is 0.462 e. The van der Waals surface area contributed by atoms with E-state index >= 15 is 0 Å². The zero-order chi connectivity index (χ0) is 18.3. The van der Waals surface area contributed by atoms with E-state index in [4.69, 9.17) is 4.42 Å². The minimum absolute atomic E-state index is 0.312. The molecule has 1 aliphatic heterocycles. The topological polar surface area (TPSA) is 50.5 Å². The third-order valence-electron chi connectivity index (χ3n) is 4.49. The molecule has 3 aromatic rings. The number of fused-ring (bicyclic) bond motifs is 1. The van der Waals surface area contributed by atoms with Crippen molar-refractivity contribution in [1.29, 1.82) is 0 Å². The Morgan fingerprint density at radius 3 is 2.19 bits per heavy atom. The molecule has 26 heavy (non-hydrogen) atoms. The van der Waals surface area contributed by atoms with E-state index in [1.807, 2.05) is 50.2 Å². The minimum atomic E-state index is -0.350. The van der Waals surface area contributed by atoms with Crippen LogP contribution in [0.25, 0.3) is 11.6 Å². The minimum Gasteiger partial charge on any atom is -0.462 e. The summed E-state index contributed by atoms with van der Waals surface area (Å²) >= 11 is 0. The van der Waals surface area contributed by atoms with Gasteiger partial charge in [-0.05, 0) is 49.8 Å². The molecule has 0 spiro atoms. The van der Waals surface area contributed by atoms with Crippen molar-refractivity contribution >= 4 is 29.2 Å². The molecule has 0 atom stereocenters. The van der Waals surface area contributed by atoms with Gasteiger partial charge < -0.3 is 4.42 Å². The normalized spacial score (nSPS) is 15.5. The van der Waals surface area contributed by atoms with Gasteiger partial charge in [-0.25, -0.2) is 4.90 Å². The number of rotatable bonds is 2. The summed E-state index contributed by atoms with van der Waals surface area (Å²) in [5.74, 6) is 0.685. The molecule has 0 N–H and O–H groups in total. The van der Waals surface area contributed by atoms with E-state index in [1.54, 1.807) is 30.3 Å². The molecule has 0 unspecified atom stereocenters. The van der Waals surface area contributed by atoms with Gasteiger partial charge in [0.1, 0.15) is 11.5 Å². The summed E-state index contributed by atoms with van der Waals surface area (Å²) in [6.45, 7) is 3.73. The molecule has 4 rings (SSSR count). The lowest BCUT2D eigenvalue weighted by atomic mass is 9.92. The van der Waals surface area contributed by atoms with Crippen LogP contribution in [-0.2, 0) is 4.79 Å². The highest BCUT2D eigenvalue weighted by atomic mass is 16.3. The van der Waals surface area contributed by atoms with Crippen LogP contribution in [0.15, 0.2) is 65.1 Å². The van der Waals surface area contributed by atoms with Crippen LogP contribution >= 0.6 is 0 Å². The first-order chi connectivity index (χ1) is 12.6. The van der Waals surface area contributed by atoms with Gasteiger partial charge >= 0.3 is 0 Å². The first kappa shape index (κ1) is 16.1. The molecule has 128 valence electrons. The molecule has 0 radical (unpaired) electrons. The summed E-state index contributed by atoms with van der Waals surface area (Å²) in [5.41, 5.74) is 3.03. The van der Waals surface area contributed by atoms with Gasteiger partial charge in [-0.15, -0.1) is 0 Å². The zero-order valence-corrected chi connectivity index (χ0v) is 14.5. The average Bonchev–Trinajstić information content (AvgIpc) is 3.05. The summed E-state index contributed by atoms with van der Waals surface area (Å²) in [4.78, 5) is 27.5. The fourth-order valence-electron chi connectivity index (χ4n) is 3.20. The van der Waals surface area contributed by atoms with E-state index in [1.165, 1.54) is 4.90 Å². The van der Waals surface area contributed by atoms with E-state index < -0.39 is 0 Å². The second-order valence-corrected chi connectivity index (χ2v) is 6.28. The number of carbonyl (C=O) groups excluding carboxylic acids is 2. The van der Waals surface area contributed by atoms with Crippen LogP contribution in [0.5, 0.6) is 0 Å². The predicted octanol–water partition coefficient (Wildman–Crippen LogP) is 4.62. The van der Waals surface area contributed by atoms with Crippen molar-refractivity contribution in [2.75, 3.05) is 4.90 Å². The van der Waals surface area contributed by atoms with Crippen molar-refractivity contribution in [2.45, 2.75) is 13.8 Å². The molecule has 1 aliphatic rings. The Balaban J connectivity index is 1.93. The fourth-order valence-corrected chi connectivity index (χ4v) is 3.20. The Morgan fingerprint density at radius 2 is 1.50 bits per heavy atom. The lowest BCUT2D eigenvalue weighted by Gasteiger charge is -2.29. The molecule has 0 aliphatic carbocycles. The van der Waals surface area contributed by atoms with Crippen LogP contribution in [0.1, 0.15) is 33.0 Å². The van der Waals surface area contributed by atoms with Crippen molar-refractivity contribution in [3.8, 4) is 0 Å². The summed E-state index contributed by atoms with van der Waals surface area (Å²) in [7, 11) is 0. The molecular formula is C22H17NO3. The maximum Gasteiger partial charge on any atom is 0.266 e. The van der Waals surface area contributed by atoms with Crippen LogP contribution in [0.2, 0.25) is 0 Å². The molecule has 1 aromatic heterocycles. The molecule has 2 heterocycles. The summed E-state index contributed by atoms with van der Waals surface area (Å²) in [6, 6.07) is 18.2. The molecule has 2 amide bonds. The van der Waals surface area contributed by atoms with Gasteiger partial charge in [-0.1, -0.05) is 36.4 Å².